The molecule has 1 aliphatic heterocycles. The Morgan fingerprint density at radius 1 is 1.50 bits per heavy atom. The van der Waals surface area contributed by atoms with E-state index in [2.05, 4.69) is 27.8 Å². The minimum absolute atomic E-state index is 0.136. The Morgan fingerprint density at radius 3 is 2.89 bits per heavy atom. The highest BCUT2D eigenvalue weighted by atomic mass is 79.9. The van der Waals surface area contributed by atoms with Crippen molar-refractivity contribution in [2.24, 2.45) is 0 Å². The van der Waals surface area contributed by atoms with Crippen LogP contribution in [-0.4, -0.2) is 22.4 Å². The molecule has 0 saturated carbocycles. The van der Waals surface area contributed by atoms with Crippen molar-refractivity contribution >= 4 is 21.6 Å². The zero-order chi connectivity index (χ0) is 13.1. The van der Waals surface area contributed by atoms with Gasteiger partial charge in [0.25, 0.3) is 5.69 Å². The Morgan fingerprint density at radius 2 is 2.28 bits per heavy atom. The standard InChI is InChI=1S/C13H17BrN2O2/c1-10-4-2-3-7-15(10)9-11-5-6-12(16(17)18)8-13(11)14/h5-6,8,10H,2-4,7,9H2,1H3/t10-/m0/s1. The maximum Gasteiger partial charge on any atom is 0.270 e. The van der Waals surface area contributed by atoms with E-state index in [-0.39, 0.29) is 10.6 Å². The maximum absolute atomic E-state index is 10.7. The molecule has 4 nitrogen and oxygen atoms in total. The van der Waals surface area contributed by atoms with E-state index < -0.39 is 0 Å². The molecular formula is C13H17BrN2O2. The normalized spacial score (nSPS) is 20.9. The van der Waals surface area contributed by atoms with E-state index in [1.165, 1.54) is 19.3 Å². The van der Waals surface area contributed by atoms with E-state index in [1.807, 2.05) is 6.07 Å². The van der Waals surface area contributed by atoms with Crippen molar-refractivity contribution in [1.29, 1.82) is 0 Å². The van der Waals surface area contributed by atoms with E-state index in [4.69, 9.17) is 0 Å². The first kappa shape index (κ1) is 13.5. The molecule has 1 heterocycles. The first-order chi connectivity index (χ1) is 8.58. The molecule has 1 fully saturated rings. The Hall–Kier alpha value is -0.940. The van der Waals surface area contributed by atoms with E-state index in [1.54, 1.807) is 12.1 Å². The highest BCUT2D eigenvalue weighted by Gasteiger charge is 2.19. The topological polar surface area (TPSA) is 46.4 Å². The summed E-state index contributed by atoms with van der Waals surface area (Å²) in [6, 6.07) is 5.61. The van der Waals surface area contributed by atoms with Gasteiger partial charge >= 0.3 is 0 Å². The molecular weight excluding hydrogens is 296 g/mol. The third-order valence-electron chi connectivity index (χ3n) is 3.56. The highest BCUT2D eigenvalue weighted by molar-refractivity contribution is 9.10. The Balaban J connectivity index is 2.11. The van der Waals surface area contributed by atoms with Crippen LogP contribution in [0.15, 0.2) is 22.7 Å². The van der Waals surface area contributed by atoms with Crippen LogP contribution in [0.5, 0.6) is 0 Å². The number of hydrogen-bond acceptors (Lipinski definition) is 3. The molecule has 0 aliphatic carbocycles. The molecule has 98 valence electrons. The minimum Gasteiger partial charge on any atom is -0.296 e. The lowest BCUT2D eigenvalue weighted by molar-refractivity contribution is -0.384. The summed E-state index contributed by atoms with van der Waals surface area (Å²) in [6.45, 7) is 4.22. The van der Waals surface area contributed by atoms with E-state index in [0.29, 0.717) is 6.04 Å². The molecule has 1 atom stereocenters. The second kappa shape index (κ2) is 5.80. The van der Waals surface area contributed by atoms with Gasteiger partial charge < -0.3 is 0 Å². The molecule has 0 N–H and O–H groups in total. The van der Waals surface area contributed by atoms with Gasteiger partial charge in [0, 0.05) is 29.2 Å². The van der Waals surface area contributed by atoms with Crippen LogP contribution in [0.2, 0.25) is 0 Å². The van der Waals surface area contributed by atoms with Crippen molar-refractivity contribution in [3.8, 4) is 0 Å². The predicted molar refractivity (Wildman–Crippen MR) is 74.5 cm³/mol. The fraction of sp³-hybridized carbons (Fsp3) is 0.538. The summed E-state index contributed by atoms with van der Waals surface area (Å²) in [4.78, 5) is 12.8. The summed E-state index contributed by atoms with van der Waals surface area (Å²) in [5.74, 6) is 0. The fourth-order valence-electron chi connectivity index (χ4n) is 2.39. The van der Waals surface area contributed by atoms with Gasteiger partial charge in [-0.25, -0.2) is 0 Å². The summed E-state index contributed by atoms with van der Waals surface area (Å²) < 4.78 is 0.828. The van der Waals surface area contributed by atoms with Crippen molar-refractivity contribution < 1.29 is 4.92 Å². The van der Waals surface area contributed by atoms with Gasteiger partial charge in [0.15, 0.2) is 0 Å². The van der Waals surface area contributed by atoms with Crippen LogP contribution >= 0.6 is 15.9 Å². The maximum atomic E-state index is 10.7. The molecule has 5 heteroatoms. The number of benzene rings is 1. The molecule has 2 rings (SSSR count). The minimum atomic E-state index is -0.363. The molecule has 1 saturated heterocycles. The average Bonchev–Trinajstić information content (AvgIpc) is 2.34. The number of hydrogen-bond donors (Lipinski definition) is 0. The van der Waals surface area contributed by atoms with Crippen LogP contribution in [0.4, 0.5) is 5.69 Å². The number of rotatable bonds is 3. The van der Waals surface area contributed by atoms with Gasteiger partial charge in [0.05, 0.1) is 4.92 Å². The number of nitrogens with zero attached hydrogens (tertiary/aromatic N) is 2. The molecule has 1 aromatic rings. The smallest absolute Gasteiger partial charge is 0.270 e. The van der Waals surface area contributed by atoms with Crippen LogP contribution in [0.1, 0.15) is 31.7 Å². The quantitative estimate of drug-likeness (QED) is 0.631. The summed E-state index contributed by atoms with van der Waals surface area (Å²) in [7, 11) is 0. The summed E-state index contributed by atoms with van der Waals surface area (Å²) in [5.41, 5.74) is 1.26. The van der Waals surface area contributed by atoms with Gasteiger partial charge in [-0.05, 0) is 37.9 Å². The third-order valence-corrected chi connectivity index (χ3v) is 4.30. The lowest BCUT2D eigenvalue weighted by Gasteiger charge is -2.33. The lowest BCUT2D eigenvalue weighted by atomic mass is 10.0. The average molecular weight is 313 g/mol. The van der Waals surface area contributed by atoms with Gasteiger partial charge in [0.2, 0.25) is 0 Å². The number of nitro groups is 1. The third kappa shape index (κ3) is 3.09. The van der Waals surface area contributed by atoms with Gasteiger partial charge in [-0.1, -0.05) is 22.4 Å². The van der Waals surface area contributed by atoms with Gasteiger partial charge in [-0.2, -0.15) is 0 Å². The van der Waals surface area contributed by atoms with Crippen LogP contribution in [0.3, 0.4) is 0 Å². The van der Waals surface area contributed by atoms with Gasteiger partial charge in [0.1, 0.15) is 0 Å². The zero-order valence-corrected chi connectivity index (χ0v) is 12.0. The molecule has 0 bridgehead atoms. The monoisotopic (exact) mass is 312 g/mol. The van der Waals surface area contributed by atoms with E-state index in [0.717, 1.165) is 23.1 Å². The Bertz CT molecular complexity index is 451. The SMILES string of the molecule is C[C@H]1CCCCN1Cc1ccc([N+](=O)[O-])cc1Br. The van der Waals surface area contributed by atoms with Crippen molar-refractivity contribution in [2.45, 2.75) is 38.8 Å². The van der Waals surface area contributed by atoms with Crippen LogP contribution in [0.25, 0.3) is 0 Å². The van der Waals surface area contributed by atoms with Gasteiger partial charge in [-0.15, -0.1) is 0 Å². The largest absolute Gasteiger partial charge is 0.296 e. The van der Waals surface area contributed by atoms with Crippen molar-refractivity contribution in [3.63, 3.8) is 0 Å². The Labute approximate surface area is 115 Å². The van der Waals surface area contributed by atoms with Crippen LogP contribution < -0.4 is 0 Å². The summed E-state index contributed by atoms with van der Waals surface area (Å²) in [6.07, 6.45) is 3.79. The van der Waals surface area contributed by atoms with Crippen molar-refractivity contribution in [2.75, 3.05) is 6.54 Å². The summed E-state index contributed by atoms with van der Waals surface area (Å²) >= 11 is 3.43. The number of non-ortho nitro benzene ring substituents is 1. The van der Waals surface area contributed by atoms with E-state index >= 15 is 0 Å². The molecule has 0 aromatic heterocycles. The van der Waals surface area contributed by atoms with Crippen LogP contribution in [-0.2, 0) is 6.54 Å². The predicted octanol–water partition coefficient (Wildman–Crippen LogP) is 3.73. The molecule has 18 heavy (non-hydrogen) atoms. The van der Waals surface area contributed by atoms with Gasteiger partial charge in [-0.3, -0.25) is 15.0 Å². The molecule has 1 aliphatic rings. The number of nitro benzene ring substituents is 1. The summed E-state index contributed by atoms with van der Waals surface area (Å²) in [5, 5.41) is 10.7. The fourth-order valence-corrected chi connectivity index (χ4v) is 2.88. The molecule has 0 unspecified atom stereocenters. The molecule has 0 radical (unpaired) electrons. The van der Waals surface area contributed by atoms with E-state index in [9.17, 15) is 10.1 Å². The highest BCUT2D eigenvalue weighted by Crippen LogP contribution is 2.26. The second-order valence-corrected chi connectivity index (χ2v) is 5.70. The molecule has 1 aromatic carbocycles. The molecule has 0 spiro atoms. The first-order valence-electron chi connectivity index (χ1n) is 6.25. The number of halogens is 1. The zero-order valence-electron chi connectivity index (χ0n) is 10.4. The first-order valence-corrected chi connectivity index (χ1v) is 7.04. The second-order valence-electron chi connectivity index (χ2n) is 4.85. The Kier molecular flexibility index (Phi) is 4.35. The van der Waals surface area contributed by atoms with Crippen molar-refractivity contribution in [3.05, 3.63) is 38.3 Å². The number of likely N-dealkylation sites (tertiary alicyclic amines) is 1. The number of piperidine rings is 1. The lowest BCUT2D eigenvalue weighted by Crippen LogP contribution is -2.36. The molecule has 0 amide bonds. The van der Waals surface area contributed by atoms with Crippen LogP contribution in [0, 0.1) is 10.1 Å². The van der Waals surface area contributed by atoms with Crippen molar-refractivity contribution in [1.82, 2.24) is 4.90 Å².